The van der Waals surface area contributed by atoms with Crippen LogP contribution in [0.4, 0.5) is 4.79 Å². The summed E-state index contributed by atoms with van der Waals surface area (Å²) in [7, 11) is 0. The molecule has 1 N–H and O–H groups in total. The Hall–Kier alpha value is -1.59. The highest BCUT2D eigenvalue weighted by molar-refractivity contribution is 5.85. The molecule has 1 aromatic rings. The maximum Gasteiger partial charge on any atom is 0.410 e. The lowest BCUT2D eigenvalue weighted by atomic mass is 9.88. The number of nitrogens with zero attached hydrogens (tertiary/aromatic N) is 1. The van der Waals surface area contributed by atoms with E-state index in [-0.39, 0.29) is 36.4 Å². The zero-order valence-corrected chi connectivity index (χ0v) is 11.8. The van der Waals surface area contributed by atoms with Gasteiger partial charge in [-0.05, 0) is 5.56 Å². The first-order chi connectivity index (χ1) is 9.17. The number of hydrogen-bond acceptors (Lipinski definition) is 4. The van der Waals surface area contributed by atoms with E-state index in [1.165, 1.54) is 0 Å². The molecule has 2 fully saturated rings. The second-order valence-corrected chi connectivity index (χ2v) is 5.25. The standard InChI is InChI=1S/C14H16N2O3.ClH/c17-12-6-14(15-7-12)9-16(10-14)13(18)19-8-11-4-2-1-3-5-11;/h1-5,15H,6-10H2;1H. The molecule has 0 radical (unpaired) electrons. The molecule has 6 heteroatoms. The molecular weight excluding hydrogens is 280 g/mol. The highest BCUT2D eigenvalue weighted by atomic mass is 35.5. The summed E-state index contributed by atoms with van der Waals surface area (Å²) in [4.78, 5) is 24.7. The maximum atomic E-state index is 11.8. The van der Waals surface area contributed by atoms with Gasteiger partial charge in [-0.15, -0.1) is 12.4 Å². The largest absolute Gasteiger partial charge is 0.445 e. The molecule has 108 valence electrons. The summed E-state index contributed by atoms with van der Waals surface area (Å²) in [6.07, 6.45) is 0.214. The van der Waals surface area contributed by atoms with Crippen molar-refractivity contribution in [2.45, 2.75) is 18.6 Å². The number of hydrogen-bond donors (Lipinski definition) is 1. The molecule has 2 heterocycles. The van der Waals surface area contributed by atoms with Crippen LogP contribution in [0.5, 0.6) is 0 Å². The summed E-state index contributed by atoms with van der Waals surface area (Å²) in [5.74, 6) is 0.220. The molecule has 0 aromatic heterocycles. The van der Waals surface area contributed by atoms with Crippen molar-refractivity contribution in [3.05, 3.63) is 35.9 Å². The first kappa shape index (κ1) is 14.8. The van der Waals surface area contributed by atoms with Crippen LogP contribution in [0.15, 0.2) is 30.3 Å². The second-order valence-electron chi connectivity index (χ2n) is 5.25. The first-order valence-electron chi connectivity index (χ1n) is 6.39. The van der Waals surface area contributed by atoms with E-state index in [2.05, 4.69) is 5.32 Å². The van der Waals surface area contributed by atoms with Crippen molar-refractivity contribution in [3.8, 4) is 0 Å². The average molecular weight is 297 g/mol. The lowest BCUT2D eigenvalue weighted by molar-refractivity contribution is -0.117. The van der Waals surface area contributed by atoms with Gasteiger partial charge in [-0.1, -0.05) is 30.3 Å². The van der Waals surface area contributed by atoms with Crippen molar-refractivity contribution in [3.63, 3.8) is 0 Å². The van der Waals surface area contributed by atoms with E-state index in [9.17, 15) is 9.59 Å². The minimum Gasteiger partial charge on any atom is -0.445 e. The van der Waals surface area contributed by atoms with Gasteiger partial charge in [0.05, 0.1) is 12.1 Å². The van der Waals surface area contributed by atoms with E-state index < -0.39 is 0 Å². The molecule has 5 nitrogen and oxygen atoms in total. The van der Waals surface area contributed by atoms with Gasteiger partial charge in [-0.25, -0.2) is 4.79 Å². The van der Waals surface area contributed by atoms with Gasteiger partial charge in [0.1, 0.15) is 12.4 Å². The summed E-state index contributed by atoms with van der Waals surface area (Å²) in [5.41, 5.74) is 0.795. The van der Waals surface area contributed by atoms with Gasteiger partial charge in [0, 0.05) is 19.5 Å². The Labute approximate surface area is 123 Å². The predicted molar refractivity (Wildman–Crippen MR) is 75.8 cm³/mol. The fraction of sp³-hybridized carbons (Fsp3) is 0.429. The van der Waals surface area contributed by atoms with Gasteiger partial charge in [0.2, 0.25) is 0 Å². The lowest BCUT2D eigenvalue weighted by Crippen LogP contribution is -2.68. The molecule has 1 aromatic carbocycles. The predicted octanol–water partition coefficient (Wildman–Crippen LogP) is 1.36. The van der Waals surface area contributed by atoms with Crippen LogP contribution in [0.25, 0.3) is 0 Å². The van der Waals surface area contributed by atoms with Crippen LogP contribution < -0.4 is 5.32 Å². The number of ketones is 1. The summed E-state index contributed by atoms with van der Waals surface area (Å²) in [5, 5.41) is 3.18. The van der Waals surface area contributed by atoms with Crippen LogP contribution in [0, 0.1) is 0 Å². The van der Waals surface area contributed by atoms with Crippen molar-refractivity contribution in [1.82, 2.24) is 10.2 Å². The zero-order chi connectivity index (χ0) is 13.3. The van der Waals surface area contributed by atoms with E-state index in [4.69, 9.17) is 4.74 Å². The Morgan fingerprint density at radius 2 is 2.00 bits per heavy atom. The molecule has 0 atom stereocenters. The Balaban J connectivity index is 0.00000147. The maximum absolute atomic E-state index is 11.8. The third-order valence-electron chi connectivity index (χ3n) is 3.65. The summed E-state index contributed by atoms with van der Waals surface area (Å²) in [6, 6.07) is 9.59. The smallest absolute Gasteiger partial charge is 0.410 e. The van der Waals surface area contributed by atoms with E-state index >= 15 is 0 Å². The molecule has 2 aliphatic rings. The molecule has 2 aliphatic heterocycles. The monoisotopic (exact) mass is 296 g/mol. The Kier molecular flexibility index (Phi) is 4.30. The van der Waals surface area contributed by atoms with Crippen LogP contribution in [-0.4, -0.2) is 41.9 Å². The third-order valence-corrected chi connectivity index (χ3v) is 3.65. The van der Waals surface area contributed by atoms with Gasteiger partial charge < -0.3 is 15.0 Å². The number of benzene rings is 1. The van der Waals surface area contributed by atoms with Crippen LogP contribution in [0.3, 0.4) is 0 Å². The van der Waals surface area contributed by atoms with Crippen LogP contribution in [0.1, 0.15) is 12.0 Å². The SMILES string of the molecule is Cl.O=C1CNC2(C1)CN(C(=O)OCc1ccccc1)C2. The lowest BCUT2D eigenvalue weighted by Gasteiger charge is -2.46. The summed E-state index contributed by atoms with van der Waals surface area (Å²) in [6.45, 7) is 1.83. The summed E-state index contributed by atoms with van der Waals surface area (Å²) >= 11 is 0. The Morgan fingerprint density at radius 1 is 1.30 bits per heavy atom. The molecule has 1 spiro atoms. The zero-order valence-electron chi connectivity index (χ0n) is 11.0. The molecule has 20 heavy (non-hydrogen) atoms. The van der Waals surface area contributed by atoms with Crippen LogP contribution in [0.2, 0.25) is 0 Å². The van der Waals surface area contributed by atoms with Gasteiger partial charge in [-0.2, -0.15) is 0 Å². The number of halogens is 1. The average Bonchev–Trinajstić information content (AvgIpc) is 2.78. The number of Topliss-reactive ketones (excluding diaryl/α,β-unsaturated/α-hetero) is 1. The fourth-order valence-corrected chi connectivity index (χ4v) is 2.64. The van der Waals surface area contributed by atoms with Gasteiger partial charge in [0.25, 0.3) is 0 Å². The molecule has 0 bridgehead atoms. The molecule has 0 aliphatic carbocycles. The van der Waals surface area contributed by atoms with Gasteiger partial charge >= 0.3 is 6.09 Å². The number of carbonyl (C=O) groups is 2. The second kappa shape index (κ2) is 5.81. The topological polar surface area (TPSA) is 58.6 Å². The number of nitrogens with one attached hydrogen (secondary N) is 1. The quantitative estimate of drug-likeness (QED) is 0.895. The normalized spacial score (nSPS) is 19.4. The van der Waals surface area contributed by atoms with Gasteiger partial charge in [0.15, 0.2) is 0 Å². The number of carbonyl (C=O) groups excluding carboxylic acids is 2. The van der Waals surface area contributed by atoms with Gasteiger partial charge in [-0.3, -0.25) is 4.79 Å². The van der Waals surface area contributed by atoms with E-state index in [0.717, 1.165) is 5.56 Å². The molecule has 3 rings (SSSR count). The number of amides is 1. The molecular formula is C14H17ClN2O3. The number of rotatable bonds is 2. The first-order valence-corrected chi connectivity index (χ1v) is 6.39. The minimum atomic E-state index is -0.310. The number of ether oxygens (including phenoxy) is 1. The Bertz CT molecular complexity index is 500. The molecule has 1 amide bonds. The molecule has 0 unspecified atom stereocenters. The van der Waals surface area contributed by atoms with Crippen molar-refractivity contribution in [2.24, 2.45) is 0 Å². The van der Waals surface area contributed by atoms with Crippen molar-refractivity contribution < 1.29 is 14.3 Å². The molecule has 2 saturated heterocycles. The highest BCUT2D eigenvalue weighted by Crippen LogP contribution is 2.28. The van der Waals surface area contributed by atoms with Crippen LogP contribution >= 0.6 is 12.4 Å². The fourth-order valence-electron chi connectivity index (χ4n) is 2.64. The third kappa shape index (κ3) is 2.94. The van der Waals surface area contributed by atoms with E-state index in [1.807, 2.05) is 30.3 Å². The highest BCUT2D eigenvalue weighted by Gasteiger charge is 2.49. The van der Waals surface area contributed by atoms with Crippen molar-refractivity contribution in [1.29, 1.82) is 0 Å². The van der Waals surface area contributed by atoms with Crippen molar-refractivity contribution >= 4 is 24.3 Å². The minimum absolute atomic E-state index is 0. The molecule has 0 saturated carbocycles. The summed E-state index contributed by atoms with van der Waals surface area (Å²) < 4.78 is 5.24. The van der Waals surface area contributed by atoms with Crippen molar-refractivity contribution in [2.75, 3.05) is 19.6 Å². The Morgan fingerprint density at radius 3 is 2.60 bits per heavy atom. The van der Waals surface area contributed by atoms with E-state index in [0.29, 0.717) is 26.1 Å². The van der Waals surface area contributed by atoms with E-state index in [1.54, 1.807) is 4.90 Å². The number of likely N-dealkylation sites (tertiary alicyclic amines) is 1. The van der Waals surface area contributed by atoms with Crippen LogP contribution in [-0.2, 0) is 16.1 Å².